The van der Waals surface area contributed by atoms with Crippen molar-refractivity contribution >= 4 is 46.8 Å². The summed E-state index contributed by atoms with van der Waals surface area (Å²) in [6.07, 6.45) is 4.13. The Labute approximate surface area is 223 Å². The summed E-state index contributed by atoms with van der Waals surface area (Å²) in [5.74, 6) is -3.68. The van der Waals surface area contributed by atoms with Crippen LogP contribution in [0, 0.1) is 0 Å². The fourth-order valence-electron chi connectivity index (χ4n) is 4.57. The Morgan fingerprint density at radius 2 is 1.95 bits per heavy atom. The first kappa shape index (κ1) is 27.2. The second-order valence-corrected chi connectivity index (χ2v) is 9.15. The van der Waals surface area contributed by atoms with E-state index >= 15 is 0 Å². The third kappa shape index (κ3) is 6.17. The summed E-state index contributed by atoms with van der Waals surface area (Å²) in [4.78, 5) is 81.5. The van der Waals surface area contributed by atoms with Crippen molar-refractivity contribution in [2.45, 2.75) is 38.3 Å². The summed E-state index contributed by atoms with van der Waals surface area (Å²) in [6, 6.07) is 7.99. The average molecular weight is 534 g/mol. The maximum atomic E-state index is 13.8. The fraction of sp³-hybridized carbons (Fsp3) is 0.296. The molecular weight excluding hydrogens is 506 g/mol. The number of aromatic nitrogens is 1. The van der Waals surface area contributed by atoms with Gasteiger partial charge >= 0.3 is 5.97 Å². The number of pyridine rings is 1. The summed E-state index contributed by atoms with van der Waals surface area (Å²) >= 11 is 0. The number of carbonyl (C=O) groups excluding carboxylic acids is 5. The van der Waals surface area contributed by atoms with E-state index < -0.39 is 48.7 Å². The van der Waals surface area contributed by atoms with Crippen LogP contribution in [0.15, 0.2) is 59.9 Å². The molecule has 4 rings (SSSR count). The molecule has 3 N–H and O–H groups in total. The lowest BCUT2D eigenvalue weighted by Gasteiger charge is -2.28. The van der Waals surface area contributed by atoms with Gasteiger partial charge in [-0.05, 0) is 31.1 Å². The van der Waals surface area contributed by atoms with Gasteiger partial charge in [0.15, 0.2) is 0 Å². The number of hydrogen-bond donors (Lipinski definition) is 3. The number of para-hydroxylation sites is 1. The van der Waals surface area contributed by atoms with E-state index in [0.29, 0.717) is 36.0 Å². The third-order valence-electron chi connectivity index (χ3n) is 6.39. The highest BCUT2D eigenvalue weighted by Gasteiger charge is 2.38. The van der Waals surface area contributed by atoms with Crippen molar-refractivity contribution in [3.8, 4) is 0 Å². The third-order valence-corrected chi connectivity index (χ3v) is 6.39. The molecular formula is C27H27N5O7. The molecule has 1 aliphatic heterocycles. The standard InChI is InChI=1S/C27H27N5O7/c1-16(34)31-13-21(30-26(38)20-11-10-17-6-2-3-7-19(17)29-20)27(39)32(23-9-5-4-8-22(23)31)14-24(35)28-18(15-33)12-25(36)37/h2-3,5-7,9-11,15,18,21H,4,8,12-14H2,1H3,(H,28,35)(H,30,38)(H,36,37)/t18-,21-/m0/s1. The van der Waals surface area contributed by atoms with Gasteiger partial charge < -0.3 is 25.4 Å². The monoisotopic (exact) mass is 533 g/mol. The lowest BCUT2D eigenvalue weighted by molar-refractivity contribution is -0.140. The molecule has 0 fully saturated rings. The highest BCUT2D eigenvalue weighted by atomic mass is 16.4. The molecule has 0 saturated heterocycles. The van der Waals surface area contributed by atoms with Crippen LogP contribution in [-0.4, -0.2) is 80.9 Å². The van der Waals surface area contributed by atoms with Crippen LogP contribution in [0.25, 0.3) is 10.9 Å². The highest BCUT2D eigenvalue weighted by Crippen LogP contribution is 2.29. The van der Waals surface area contributed by atoms with Crippen LogP contribution in [0.3, 0.4) is 0 Å². The summed E-state index contributed by atoms with van der Waals surface area (Å²) in [6.45, 7) is 0.632. The Bertz CT molecular complexity index is 1420. The summed E-state index contributed by atoms with van der Waals surface area (Å²) in [5, 5.41) is 14.8. The SMILES string of the molecule is CC(=O)N1C[C@H](NC(=O)c2ccc3ccccc3n2)C(=O)N(CC(=O)N[C@H](C=O)CC(=O)O)C2=C1CCC=C2. The number of amides is 4. The van der Waals surface area contributed by atoms with Crippen LogP contribution >= 0.6 is 0 Å². The zero-order valence-corrected chi connectivity index (χ0v) is 21.1. The number of aldehydes is 1. The van der Waals surface area contributed by atoms with Crippen molar-refractivity contribution in [2.75, 3.05) is 13.1 Å². The van der Waals surface area contributed by atoms with Gasteiger partial charge in [-0.3, -0.25) is 28.9 Å². The first-order chi connectivity index (χ1) is 18.7. The molecule has 1 aliphatic carbocycles. The van der Waals surface area contributed by atoms with Crippen molar-refractivity contribution in [1.82, 2.24) is 25.4 Å². The minimum atomic E-state index is -1.28. The van der Waals surface area contributed by atoms with Gasteiger partial charge in [-0.2, -0.15) is 0 Å². The zero-order valence-electron chi connectivity index (χ0n) is 21.1. The number of rotatable bonds is 8. The van der Waals surface area contributed by atoms with Crippen LogP contribution in [0.2, 0.25) is 0 Å². The second kappa shape index (κ2) is 11.7. The number of benzene rings is 1. The molecule has 2 aliphatic rings. The average Bonchev–Trinajstić information content (AvgIpc) is 3.02. The summed E-state index contributed by atoms with van der Waals surface area (Å²) in [5.41, 5.74) is 1.50. The van der Waals surface area contributed by atoms with Gasteiger partial charge in [0.05, 0.1) is 30.2 Å². The molecule has 1 aromatic carbocycles. The van der Waals surface area contributed by atoms with Crippen molar-refractivity contribution in [2.24, 2.45) is 0 Å². The van der Waals surface area contributed by atoms with E-state index in [2.05, 4.69) is 15.6 Å². The van der Waals surface area contributed by atoms with Gasteiger partial charge in [0, 0.05) is 18.0 Å². The molecule has 0 unspecified atom stereocenters. The van der Waals surface area contributed by atoms with Crippen LogP contribution < -0.4 is 10.6 Å². The van der Waals surface area contributed by atoms with Crippen LogP contribution in [0.1, 0.15) is 36.7 Å². The molecule has 1 aromatic heterocycles. The van der Waals surface area contributed by atoms with Crippen molar-refractivity contribution < 1.29 is 33.9 Å². The Balaban J connectivity index is 1.63. The number of allylic oxidation sites excluding steroid dienone is 3. The summed E-state index contributed by atoms with van der Waals surface area (Å²) < 4.78 is 0. The predicted octanol–water partition coefficient (Wildman–Crippen LogP) is 0.744. The van der Waals surface area contributed by atoms with E-state index in [1.54, 1.807) is 30.4 Å². The molecule has 2 heterocycles. The van der Waals surface area contributed by atoms with Crippen LogP contribution in [-0.2, 0) is 24.0 Å². The second-order valence-electron chi connectivity index (χ2n) is 9.15. The fourth-order valence-corrected chi connectivity index (χ4v) is 4.57. The van der Waals surface area contributed by atoms with E-state index in [0.717, 1.165) is 10.3 Å². The van der Waals surface area contributed by atoms with Gasteiger partial charge in [0.1, 0.15) is 24.6 Å². The quantitative estimate of drug-likeness (QED) is 0.418. The van der Waals surface area contributed by atoms with Crippen molar-refractivity contribution in [3.63, 3.8) is 0 Å². The molecule has 0 spiro atoms. The molecule has 4 amide bonds. The van der Waals surface area contributed by atoms with Gasteiger partial charge in [-0.15, -0.1) is 0 Å². The van der Waals surface area contributed by atoms with Gasteiger partial charge in [-0.25, -0.2) is 4.98 Å². The molecule has 0 radical (unpaired) electrons. The Morgan fingerprint density at radius 3 is 2.67 bits per heavy atom. The Hall–Kier alpha value is -4.87. The molecule has 2 atom stereocenters. The summed E-state index contributed by atoms with van der Waals surface area (Å²) in [7, 11) is 0. The number of nitrogens with zero attached hydrogens (tertiary/aromatic N) is 3. The highest BCUT2D eigenvalue weighted by molar-refractivity contribution is 5.99. The maximum Gasteiger partial charge on any atom is 0.305 e. The number of fused-ring (bicyclic) bond motifs is 1. The van der Waals surface area contributed by atoms with Crippen LogP contribution in [0.5, 0.6) is 0 Å². The first-order valence-electron chi connectivity index (χ1n) is 12.3. The van der Waals surface area contributed by atoms with E-state index in [1.807, 2.05) is 12.1 Å². The van der Waals surface area contributed by atoms with Crippen LogP contribution in [0.4, 0.5) is 0 Å². The number of aliphatic carboxylic acids is 1. The lowest BCUT2D eigenvalue weighted by atomic mass is 10.1. The number of carboxylic acid groups (broad SMARTS) is 1. The smallest absolute Gasteiger partial charge is 0.305 e. The number of carbonyl (C=O) groups is 6. The number of hydrogen-bond acceptors (Lipinski definition) is 7. The lowest BCUT2D eigenvalue weighted by Crippen LogP contribution is -2.53. The molecule has 0 saturated carbocycles. The minimum absolute atomic E-state index is 0.0736. The maximum absolute atomic E-state index is 13.8. The van der Waals surface area contributed by atoms with E-state index in [1.165, 1.54) is 17.9 Å². The zero-order chi connectivity index (χ0) is 28.1. The van der Waals surface area contributed by atoms with E-state index in [-0.39, 0.29) is 18.1 Å². The van der Waals surface area contributed by atoms with Gasteiger partial charge in [0.2, 0.25) is 11.8 Å². The molecule has 39 heavy (non-hydrogen) atoms. The Morgan fingerprint density at radius 1 is 1.18 bits per heavy atom. The topological polar surface area (TPSA) is 166 Å². The predicted molar refractivity (Wildman–Crippen MR) is 138 cm³/mol. The van der Waals surface area contributed by atoms with Crippen molar-refractivity contribution in [3.05, 3.63) is 65.6 Å². The molecule has 2 aromatic rings. The van der Waals surface area contributed by atoms with E-state index in [4.69, 9.17) is 5.11 Å². The van der Waals surface area contributed by atoms with Crippen molar-refractivity contribution in [1.29, 1.82) is 0 Å². The minimum Gasteiger partial charge on any atom is -0.481 e. The molecule has 202 valence electrons. The first-order valence-corrected chi connectivity index (χ1v) is 12.3. The van der Waals surface area contributed by atoms with E-state index in [9.17, 15) is 28.8 Å². The largest absolute Gasteiger partial charge is 0.481 e. The molecule has 12 nitrogen and oxygen atoms in total. The number of carboxylic acids is 1. The van der Waals surface area contributed by atoms with Gasteiger partial charge in [0.25, 0.3) is 11.8 Å². The normalized spacial score (nSPS) is 17.8. The molecule has 12 heteroatoms. The molecule has 0 bridgehead atoms. The number of nitrogens with one attached hydrogen (secondary N) is 2. The van der Waals surface area contributed by atoms with Gasteiger partial charge in [-0.1, -0.05) is 30.3 Å². The Kier molecular flexibility index (Phi) is 8.13.